The highest BCUT2D eigenvalue weighted by Crippen LogP contribution is 2.22. The van der Waals surface area contributed by atoms with Crippen molar-refractivity contribution >= 4 is 46.8 Å². The van der Waals surface area contributed by atoms with Crippen LogP contribution in [0, 0.1) is 5.92 Å². The molecule has 2 rings (SSSR count). The second kappa shape index (κ2) is 11.9. The molecule has 1 aliphatic rings. The average molecular weight is 413 g/mol. The van der Waals surface area contributed by atoms with Crippen LogP contribution in [0.4, 0.5) is 5.69 Å². The van der Waals surface area contributed by atoms with Crippen molar-refractivity contribution in [1.82, 2.24) is 5.32 Å². The lowest BCUT2D eigenvalue weighted by Gasteiger charge is -2.21. The zero-order valence-electron chi connectivity index (χ0n) is 15.2. The Hall–Kier alpha value is -1.73. The first-order chi connectivity index (χ1) is 13.0. The Labute approximate surface area is 168 Å². The van der Waals surface area contributed by atoms with Crippen LogP contribution in [0.1, 0.15) is 32.1 Å². The highest BCUT2D eigenvalue weighted by molar-refractivity contribution is 8.00. The first kappa shape index (κ1) is 21.6. The third kappa shape index (κ3) is 9.15. The van der Waals surface area contributed by atoms with Gasteiger partial charge in [0.05, 0.1) is 11.5 Å². The number of nitrogens with one attached hydrogen (secondary N) is 2. The monoisotopic (exact) mass is 412 g/mol. The molecule has 0 bridgehead atoms. The maximum Gasteiger partial charge on any atom is 0.316 e. The summed E-state index contributed by atoms with van der Waals surface area (Å²) in [6.45, 7) is 0.374. The Morgan fingerprint density at radius 1 is 1.04 bits per heavy atom. The molecule has 0 heterocycles. The van der Waals surface area contributed by atoms with E-state index in [1.807, 2.05) is 0 Å². The summed E-state index contributed by atoms with van der Waals surface area (Å²) in [6, 6.07) is 6.76. The van der Waals surface area contributed by atoms with E-state index in [0.29, 0.717) is 23.2 Å². The molecule has 1 saturated carbocycles. The number of benzene rings is 1. The lowest BCUT2D eigenvalue weighted by atomic mass is 9.89. The third-order valence-corrected chi connectivity index (χ3v) is 5.42. The van der Waals surface area contributed by atoms with E-state index in [1.165, 1.54) is 19.3 Å². The van der Waals surface area contributed by atoms with Gasteiger partial charge in [-0.25, -0.2) is 0 Å². The number of hydrogen-bond donors (Lipinski definition) is 2. The number of ether oxygens (including phenoxy) is 1. The Morgan fingerprint density at radius 2 is 1.74 bits per heavy atom. The normalized spacial score (nSPS) is 14.4. The van der Waals surface area contributed by atoms with Gasteiger partial charge < -0.3 is 15.4 Å². The SMILES string of the molecule is O=C(COC(=O)CSCC(=O)Nc1ccc(Cl)cc1)NCC1CCCCC1. The fraction of sp³-hybridized carbons (Fsp3) is 0.526. The van der Waals surface area contributed by atoms with Gasteiger partial charge in [-0.1, -0.05) is 30.9 Å². The van der Waals surface area contributed by atoms with Gasteiger partial charge in [0.25, 0.3) is 5.91 Å². The molecule has 27 heavy (non-hydrogen) atoms. The summed E-state index contributed by atoms with van der Waals surface area (Å²) in [4.78, 5) is 35.2. The molecule has 0 spiro atoms. The average Bonchev–Trinajstić information content (AvgIpc) is 2.67. The van der Waals surface area contributed by atoms with Gasteiger partial charge in [-0.3, -0.25) is 14.4 Å². The molecule has 1 aliphatic carbocycles. The van der Waals surface area contributed by atoms with Crippen molar-refractivity contribution in [1.29, 1.82) is 0 Å². The van der Waals surface area contributed by atoms with Gasteiger partial charge in [-0.15, -0.1) is 11.8 Å². The lowest BCUT2D eigenvalue weighted by Crippen LogP contribution is -2.33. The van der Waals surface area contributed by atoms with Gasteiger partial charge in [0, 0.05) is 17.3 Å². The fourth-order valence-corrected chi connectivity index (χ4v) is 3.58. The molecule has 2 N–H and O–H groups in total. The van der Waals surface area contributed by atoms with Gasteiger partial charge in [0.15, 0.2) is 6.61 Å². The van der Waals surface area contributed by atoms with Crippen LogP contribution >= 0.6 is 23.4 Å². The standard InChI is InChI=1S/C19H25ClN2O4S/c20-15-6-8-16(9-7-15)22-18(24)12-27-13-19(25)26-11-17(23)21-10-14-4-2-1-3-5-14/h6-9,14H,1-5,10-13H2,(H,21,23)(H,22,24). The van der Waals surface area contributed by atoms with Gasteiger partial charge in [0.1, 0.15) is 0 Å². The second-order valence-corrected chi connectivity index (χ2v) is 7.94. The minimum absolute atomic E-state index is 0.0178. The van der Waals surface area contributed by atoms with Crippen LogP contribution < -0.4 is 10.6 Å². The number of rotatable bonds is 9. The molecule has 1 aromatic carbocycles. The number of amides is 2. The molecule has 0 atom stereocenters. The van der Waals surface area contributed by atoms with Crippen LogP contribution in [0.15, 0.2) is 24.3 Å². The summed E-state index contributed by atoms with van der Waals surface area (Å²) in [5, 5.41) is 6.11. The number of carbonyl (C=O) groups is 3. The first-order valence-corrected chi connectivity index (χ1v) is 10.6. The highest BCUT2D eigenvalue weighted by Gasteiger charge is 2.15. The molecular formula is C19H25ClN2O4S. The van der Waals surface area contributed by atoms with Crippen LogP contribution in [-0.4, -0.2) is 42.4 Å². The van der Waals surface area contributed by atoms with Crippen LogP contribution in [0.5, 0.6) is 0 Å². The molecule has 0 aliphatic heterocycles. The second-order valence-electron chi connectivity index (χ2n) is 6.52. The lowest BCUT2D eigenvalue weighted by molar-refractivity contribution is -0.146. The molecule has 8 heteroatoms. The van der Waals surface area contributed by atoms with Crippen molar-refractivity contribution in [3.63, 3.8) is 0 Å². The van der Waals surface area contributed by atoms with E-state index in [1.54, 1.807) is 24.3 Å². The van der Waals surface area contributed by atoms with Crippen molar-refractivity contribution in [2.75, 3.05) is 30.0 Å². The number of anilines is 1. The van der Waals surface area contributed by atoms with Gasteiger partial charge >= 0.3 is 5.97 Å². The topological polar surface area (TPSA) is 84.5 Å². The van der Waals surface area contributed by atoms with Crippen molar-refractivity contribution < 1.29 is 19.1 Å². The molecule has 0 saturated heterocycles. The van der Waals surface area contributed by atoms with E-state index in [2.05, 4.69) is 10.6 Å². The highest BCUT2D eigenvalue weighted by atomic mass is 35.5. The van der Waals surface area contributed by atoms with Crippen LogP contribution in [0.2, 0.25) is 5.02 Å². The molecule has 0 radical (unpaired) electrons. The number of hydrogen-bond acceptors (Lipinski definition) is 5. The molecule has 6 nitrogen and oxygen atoms in total. The summed E-state index contributed by atoms with van der Waals surface area (Å²) >= 11 is 6.92. The van der Waals surface area contributed by atoms with Gasteiger partial charge in [-0.05, 0) is 43.0 Å². The summed E-state index contributed by atoms with van der Waals surface area (Å²) in [5.41, 5.74) is 0.641. The van der Waals surface area contributed by atoms with Crippen LogP contribution in [0.25, 0.3) is 0 Å². The summed E-state index contributed by atoms with van der Waals surface area (Å²) < 4.78 is 4.94. The minimum Gasteiger partial charge on any atom is -0.455 e. The van der Waals surface area contributed by atoms with Crippen LogP contribution in [0.3, 0.4) is 0 Å². The van der Waals surface area contributed by atoms with E-state index < -0.39 is 5.97 Å². The number of halogens is 1. The maximum atomic E-state index is 11.8. The molecule has 1 fully saturated rings. The van der Waals surface area contributed by atoms with Crippen LogP contribution in [-0.2, 0) is 19.1 Å². The number of esters is 1. The van der Waals surface area contributed by atoms with Crippen molar-refractivity contribution in [3.8, 4) is 0 Å². The van der Waals surface area contributed by atoms with Gasteiger partial charge in [0.2, 0.25) is 5.91 Å². The summed E-state index contributed by atoms with van der Waals surface area (Å²) in [6.07, 6.45) is 6.01. The number of carbonyl (C=O) groups excluding carboxylic acids is 3. The maximum absolute atomic E-state index is 11.8. The van der Waals surface area contributed by atoms with Gasteiger partial charge in [-0.2, -0.15) is 0 Å². The summed E-state index contributed by atoms with van der Waals surface area (Å²) in [5.74, 6) is -0.338. The molecule has 0 unspecified atom stereocenters. The van der Waals surface area contributed by atoms with E-state index in [4.69, 9.17) is 16.3 Å². The predicted molar refractivity (Wildman–Crippen MR) is 108 cm³/mol. The Balaban J connectivity index is 1.52. The quantitative estimate of drug-likeness (QED) is 0.608. The Morgan fingerprint density at radius 3 is 2.44 bits per heavy atom. The predicted octanol–water partition coefficient (Wildman–Crippen LogP) is 3.25. The summed E-state index contributed by atoms with van der Waals surface area (Å²) in [7, 11) is 0. The molecule has 2 amide bonds. The fourth-order valence-electron chi connectivity index (χ4n) is 2.85. The smallest absolute Gasteiger partial charge is 0.316 e. The zero-order valence-corrected chi connectivity index (χ0v) is 16.7. The Bertz CT molecular complexity index is 633. The third-order valence-electron chi connectivity index (χ3n) is 4.26. The van der Waals surface area contributed by atoms with E-state index in [-0.39, 0.29) is 29.9 Å². The van der Waals surface area contributed by atoms with Crippen molar-refractivity contribution in [2.45, 2.75) is 32.1 Å². The minimum atomic E-state index is -0.507. The van der Waals surface area contributed by atoms with E-state index >= 15 is 0 Å². The van der Waals surface area contributed by atoms with E-state index in [0.717, 1.165) is 24.6 Å². The number of thioether (sulfide) groups is 1. The Kier molecular flexibility index (Phi) is 9.48. The van der Waals surface area contributed by atoms with Crippen molar-refractivity contribution in [2.24, 2.45) is 5.92 Å². The molecule has 0 aromatic heterocycles. The van der Waals surface area contributed by atoms with Crippen molar-refractivity contribution in [3.05, 3.63) is 29.3 Å². The largest absolute Gasteiger partial charge is 0.455 e. The first-order valence-electron chi connectivity index (χ1n) is 9.08. The molecule has 1 aromatic rings. The molecule has 148 valence electrons. The van der Waals surface area contributed by atoms with E-state index in [9.17, 15) is 14.4 Å². The molecular weight excluding hydrogens is 388 g/mol. The zero-order chi connectivity index (χ0) is 19.5.